The standard InChI is InChI=1S/C24H31N4P/c1-15-4-3-5-22(24(15)29)28-21-10-13-27-23(16(2)25)19-7-6-18(14-20(19)21)17-8-11-26-12-9-17/h3-8,14,21,26-28H,9-13,25,29H2,1-2H3/b23-16-. The summed E-state index contributed by atoms with van der Waals surface area (Å²) < 4.78 is 0. The fraction of sp³-hybridized carbons (Fsp3) is 0.333. The Morgan fingerprint density at radius 1 is 1.21 bits per heavy atom. The molecular formula is C24H31N4P. The average Bonchev–Trinajstić information content (AvgIpc) is 2.91. The minimum atomic E-state index is 0.220. The van der Waals surface area contributed by atoms with Crippen molar-refractivity contribution in [3.05, 3.63) is 70.4 Å². The van der Waals surface area contributed by atoms with E-state index < -0.39 is 0 Å². The molecule has 2 aliphatic rings. The third-order valence-corrected chi connectivity index (χ3v) is 6.68. The van der Waals surface area contributed by atoms with Gasteiger partial charge in [0.2, 0.25) is 0 Å². The van der Waals surface area contributed by atoms with Crippen LogP contribution in [0.1, 0.15) is 48.1 Å². The SMILES string of the molecule is C/C(N)=C1/NCCC(Nc2cccc(C)c2P)c2cc(C3=CCNCC3)ccc21. The molecule has 2 aliphatic heterocycles. The molecule has 0 saturated heterocycles. The number of anilines is 1. The molecule has 5 N–H and O–H groups in total. The lowest BCUT2D eigenvalue weighted by Crippen LogP contribution is -2.20. The second kappa shape index (κ2) is 8.61. The molecule has 2 atom stereocenters. The van der Waals surface area contributed by atoms with Crippen molar-refractivity contribution in [3.8, 4) is 0 Å². The number of nitrogens with one attached hydrogen (secondary N) is 3. The van der Waals surface area contributed by atoms with Crippen molar-refractivity contribution in [2.24, 2.45) is 5.73 Å². The van der Waals surface area contributed by atoms with Gasteiger partial charge in [-0.25, -0.2) is 0 Å². The van der Waals surface area contributed by atoms with E-state index in [1.54, 1.807) is 0 Å². The predicted molar refractivity (Wildman–Crippen MR) is 128 cm³/mol. The Kier molecular flexibility index (Phi) is 5.94. The zero-order chi connectivity index (χ0) is 20.4. The molecule has 2 unspecified atom stereocenters. The zero-order valence-corrected chi connectivity index (χ0v) is 18.5. The number of rotatable bonds is 3. The molecule has 0 spiro atoms. The molecular weight excluding hydrogens is 375 g/mol. The van der Waals surface area contributed by atoms with Crippen molar-refractivity contribution in [1.29, 1.82) is 0 Å². The third-order valence-electron chi connectivity index (χ3n) is 5.91. The van der Waals surface area contributed by atoms with Crippen molar-refractivity contribution < 1.29 is 0 Å². The van der Waals surface area contributed by atoms with Crippen LogP contribution in [-0.2, 0) is 0 Å². The monoisotopic (exact) mass is 406 g/mol. The van der Waals surface area contributed by atoms with Crippen LogP contribution < -0.4 is 27.0 Å². The molecule has 2 aromatic carbocycles. The van der Waals surface area contributed by atoms with Crippen LogP contribution in [0.4, 0.5) is 5.69 Å². The van der Waals surface area contributed by atoms with Gasteiger partial charge in [0.05, 0.1) is 11.7 Å². The zero-order valence-electron chi connectivity index (χ0n) is 17.3. The summed E-state index contributed by atoms with van der Waals surface area (Å²) in [5.41, 5.74) is 15.9. The van der Waals surface area contributed by atoms with Crippen LogP contribution in [0.2, 0.25) is 0 Å². The summed E-state index contributed by atoms with van der Waals surface area (Å²) in [5, 5.41) is 12.0. The molecule has 152 valence electrons. The van der Waals surface area contributed by atoms with Crippen molar-refractivity contribution in [2.75, 3.05) is 25.0 Å². The number of aryl methyl sites for hydroxylation is 1. The number of benzene rings is 2. The normalized spacial score (nSPS) is 20.8. The maximum absolute atomic E-state index is 6.25. The van der Waals surface area contributed by atoms with Crippen LogP contribution in [0.5, 0.6) is 0 Å². The van der Waals surface area contributed by atoms with E-state index in [9.17, 15) is 0 Å². The quantitative estimate of drug-likeness (QED) is 0.588. The maximum atomic E-state index is 6.25. The number of hydrogen-bond donors (Lipinski definition) is 4. The van der Waals surface area contributed by atoms with E-state index >= 15 is 0 Å². The van der Waals surface area contributed by atoms with Crippen LogP contribution >= 0.6 is 9.24 Å². The van der Waals surface area contributed by atoms with E-state index in [-0.39, 0.29) is 6.04 Å². The Hall–Kier alpha value is -2.29. The lowest BCUT2D eigenvalue weighted by molar-refractivity contribution is 0.683. The van der Waals surface area contributed by atoms with E-state index in [2.05, 4.69) is 74.6 Å². The largest absolute Gasteiger partial charge is 0.401 e. The summed E-state index contributed by atoms with van der Waals surface area (Å²) >= 11 is 0. The highest BCUT2D eigenvalue weighted by Crippen LogP contribution is 2.35. The second-order valence-corrected chi connectivity index (χ2v) is 8.57. The first-order chi connectivity index (χ1) is 14.0. The molecule has 0 amide bonds. The summed E-state index contributed by atoms with van der Waals surface area (Å²) in [6.45, 7) is 7.00. The Bertz CT molecular complexity index is 973. The van der Waals surface area contributed by atoms with Crippen LogP contribution in [0, 0.1) is 6.92 Å². The molecule has 0 saturated carbocycles. The molecule has 0 bridgehead atoms. The molecule has 0 aliphatic carbocycles. The van der Waals surface area contributed by atoms with Crippen molar-refractivity contribution >= 4 is 31.5 Å². The van der Waals surface area contributed by atoms with Crippen molar-refractivity contribution in [2.45, 2.75) is 32.7 Å². The smallest absolute Gasteiger partial charge is 0.0605 e. The predicted octanol–water partition coefficient (Wildman–Crippen LogP) is 3.67. The molecule has 0 radical (unpaired) electrons. The van der Waals surface area contributed by atoms with Crippen LogP contribution in [0.15, 0.2) is 48.2 Å². The minimum Gasteiger partial charge on any atom is -0.401 e. The van der Waals surface area contributed by atoms with Gasteiger partial charge < -0.3 is 21.7 Å². The summed E-state index contributed by atoms with van der Waals surface area (Å²) in [4.78, 5) is 0. The Balaban J connectivity index is 1.79. The van der Waals surface area contributed by atoms with Gasteiger partial charge in [0.1, 0.15) is 0 Å². The summed E-state index contributed by atoms with van der Waals surface area (Å²) in [6, 6.07) is 13.5. The number of hydrogen-bond acceptors (Lipinski definition) is 4. The highest BCUT2D eigenvalue weighted by molar-refractivity contribution is 7.28. The molecule has 4 rings (SSSR count). The molecule has 29 heavy (non-hydrogen) atoms. The summed E-state index contributed by atoms with van der Waals surface area (Å²) in [7, 11) is 2.89. The lowest BCUT2D eigenvalue weighted by atomic mass is 9.91. The number of allylic oxidation sites excluding steroid dienone is 1. The van der Waals surface area contributed by atoms with Gasteiger partial charge in [-0.3, -0.25) is 0 Å². The lowest BCUT2D eigenvalue weighted by Gasteiger charge is -2.24. The van der Waals surface area contributed by atoms with Gasteiger partial charge in [-0.2, -0.15) is 0 Å². The number of nitrogens with two attached hydrogens (primary N) is 1. The van der Waals surface area contributed by atoms with Gasteiger partial charge in [0.15, 0.2) is 0 Å². The molecule has 5 heteroatoms. The number of fused-ring (bicyclic) bond motifs is 1. The first-order valence-corrected chi connectivity index (χ1v) is 11.0. The van der Waals surface area contributed by atoms with Crippen LogP contribution in [0.3, 0.4) is 0 Å². The van der Waals surface area contributed by atoms with E-state index in [0.717, 1.165) is 43.9 Å². The van der Waals surface area contributed by atoms with E-state index in [1.807, 2.05) is 6.92 Å². The summed E-state index contributed by atoms with van der Waals surface area (Å²) in [6.07, 6.45) is 4.38. The van der Waals surface area contributed by atoms with Gasteiger partial charge in [-0.05, 0) is 72.9 Å². The fourth-order valence-corrected chi connectivity index (χ4v) is 4.53. The van der Waals surface area contributed by atoms with Crippen molar-refractivity contribution in [1.82, 2.24) is 10.6 Å². The van der Waals surface area contributed by atoms with Gasteiger partial charge >= 0.3 is 0 Å². The fourth-order valence-electron chi connectivity index (χ4n) is 4.25. The van der Waals surface area contributed by atoms with Gasteiger partial charge in [-0.1, -0.05) is 30.3 Å². The van der Waals surface area contributed by atoms with Crippen LogP contribution in [-0.4, -0.2) is 19.6 Å². The molecule has 2 aromatic rings. The van der Waals surface area contributed by atoms with E-state index in [4.69, 9.17) is 5.73 Å². The van der Waals surface area contributed by atoms with Crippen molar-refractivity contribution in [3.63, 3.8) is 0 Å². The van der Waals surface area contributed by atoms with Gasteiger partial charge in [0.25, 0.3) is 0 Å². The second-order valence-electron chi connectivity index (χ2n) is 7.99. The first-order valence-electron chi connectivity index (χ1n) is 10.4. The molecule has 4 nitrogen and oxygen atoms in total. The van der Waals surface area contributed by atoms with Crippen LogP contribution in [0.25, 0.3) is 11.3 Å². The summed E-state index contributed by atoms with van der Waals surface area (Å²) in [5.74, 6) is 0. The molecule has 2 heterocycles. The topological polar surface area (TPSA) is 62.1 Å². The molecule has 0 fully saturated rings. The average molecular weight is 407 g/mol. The highest BCUT2D eigenvalue weighted by Gasteiger charge is 2.23. The maximum Gasteiger partial charge on any atom is 0.0605 e. The molecule has 0 aromatic heterocycles. The minimum absolute atomic E-state index is 0.220. The highest BCUT2D eigenvalue weighted by atomic mass is 31.0. The van der Waals surface area contributed by atoms with Gasteiger partial charge in [0, 0.05) is 30.0 Å². The Morgan fingerprint density at radius 2 is 2.07 bits per heavy atom. The Morgan fingerprint density at radius 3 is 2.83 bits per heavy atom. The van der Waals surface area contributed by atoms with E-state index in [0.29, 0.717) is 0 Å². The third kappa shape index (κ3) is 4.19. The van der Waals surface area contributed by atoms with E-state index in [1.165, 1.54) is 38.8 Å². The van der Waals surface area contributed by atoms with Gasteiger partial charge in [-0.15, -0.1) is 9.24 Å². The first kappa shape index (κ1) is 20.0. The Labute approximate surface area is 176 Å².